The number of ether oxygens (including phenoxy) is 2. The van der Waals surface area contributed by atoms with Gasteiger partial charge < -0.3 is 14.6 Å². The molecule has 1 aromatic rings. The van der Waals surface area contributed by atoms with E-state index in [1.165, 1.54) is 63.4 Å². The molecule has 0 bridgehead atoms. The molecule has 1 unspecified atom stereocenters. The molecule has 3 nitrogen and oxygen atoms in total. The molecule has 0 aromatic heterocycles. The van der Waals surface area contributed by atoms with Crippen molar-refractivity contribution in [3.63, 3.8) is 0 Å². The molecule has 0 spiro atoms. The van der Waals surface area contributed by atoms with Crippen molar-refractivity contribution in [2.24, 2.45) is 11.8 Å². The van der Waals surface area contributed by atoms with Crippen molar-refractivity contribution >= 4 is 0 Å². The van der Waals surface area contributed by atoms with E-state index in [1.54, 1.807) is 6.92 Å². The van der Waals surface area contributed by atoms with E-state index in [1.807, 2.05) is 50.3 Å². The van der Waals surface area contributed by atoms with E-state index in [9.17, 15) is 0 Å². The van der Waals surface area contributed by atoms with Crippen molar-refractivity contribution in [1.29, 1.82) is 0 Å². The number of rotatable bonds is 12. The second kappa shape index (κ2) is 20.9. The van der Waals surface area contributed by atoms with Crippen LogP contribution >= 0.6 is 0 Å². The molecule has 2 aliphatic carbocycles. The lowest BCUT2D eigenvalue weighted by Crippen LogP contribution is -2.17. The zero-order valence-electron chi connectivity index (χ0n) is 24.6. The van der Waals surface area contributed by atoms with Crippen molar-refractivity contribution in [3.05, 3.63) is 71.0 Å². The van der Waals surface area contributed by atoms with E-state index in [4.69, 9.17) is 14.6 Å². The summed E-state index contributed by atoms with van der Waals surface area (Å²) >= 11 is 0. The van der Waals surface area contributed by atoms with Gasteiger partial charge in [0.25, 0.3) is 0 Å². The van der Waals surface area contributed by atoms with Gasteiger partial charge >= 0.3 is 0 Å². The smallest absolute Gasteiger partial charge is 0.152 e. The minimum absolute atomic E-state index is 0.389. The maximum absolute atomic E-state index is 9.09. The van der Waals surface area contributed by atoms with Crippen LogP contribution in [-0.4, -0.2) is 18.0 Å². The zero-order chi connectivity index (χ0) is 27.3. The largest absolute Gasteiger partial charge is 0.488 e. The van der Waals surface area contributed by atoms with E-state index in [0.29, 0.717) is 13.2 Å². The van der Waals surface area contributed by atoms with Gasteiger partial charge in [-0.3, -0.25) is 0 Å². The Hall–Kier alpha value is -2.06. The Morgan fingerprint density at radius 1 is 0.919 bits per heavy atom. The first-order chi connectivity index (χ1) is 18.0. The number of hydrogen-bond acceptors (Lipinski definition) is 3. The molecule has 208 valence electrons. The van der Waals surface area contributed by atoms with E-state index >= 15 is 0 Å². The summed E-state index contributed by atoms with van der Waals surface area (Å²) < 4.78 is 10.9. The lowest BCUT2D eigenvalue weighted by Gasteiger charge is -2.30. The monoisotopic (exact) mass is 510 g/mol. The van der Waals surface area contributed by atoms with Crippen LogP contribution in [0.1, 0.15) is 111 Å². The van der Waals surface area contributed by atoms with Gasteiger partial charge in [0.2, 0.25) is 0 Å². The SMILES string of the molecule is CC.CCC1=CC=C=C(COc2ccc(COC(C)O)cc2)C=C1.CCCC(CCC)C1CCCCC1. The number of hydrogen-bond donors (Lipinski definition) is 1. The molecule has 0 amide bonds. The summed E-state index contributed by atoms with van der Waals surface area (Å²) in [5, 5.41) is 9.09. The predicted molar refractivity (Wildman–Crippen MR) is 159 cm³/mol. The highest BCUT2D eigenvalue weighted by Crippen LogP contribution is 2.34. The summed E-state index contributed by atoms with van der Waals surface area (Å²) in [6, 6.07) is 7.67. The van der Waals surface area contributed by atoms with Crippen molar-refractivity contribution in [1.82, 2.24) is 0 Å². The standard InChI is InChI=1S/C19H22O3.C13H26.C2H6/c1-3-16-5-4-6-17(8-7-16)14-22-19-11-9-18(10-12-19)13-21-15(2)20;1-3-8-12(9-4-2)13-10-6-5-7-11-13;1-2/h4-5,7-12,15,20H,3,13-14H2,1-2H3;12-13H,3-11H2,1-2H3;1-2H3. The molecule has 3 rings (SSSR count). The molecule has 0 radical (unpaired) electrons. The van der Waals surface area contributed by atoms with Gasteiger partial charge in [0.1, 0.15) is 12.4 Å². The number of aliphatic hydroxyl groups excluding tert-OH is 1. The molecule has 0 aliphatic heterocycles. The second-order valence-electron chi connectivity index (χ2n) is 9.84. The van der Waals surface area contributed by atoms with Crippen molar-refractivity contribution in [2.75, 3.05) is 6.61 Å². The summed E-state index contributed by atoms with van der Waals surface area (Å²) in [5.74, 6) is 2.96. The fraction of sp³-hybridized carbons (Fsp3) is 0.618. The van der Waals surface area contributed by atoms with Gasteiger partial charge in [-0.15, -0.1) is 5.73 Å². The Labute approximate surface area is 228 Å². The van der Waals surface area contributed by atoms with Crippen LogP contribution in [0.15, 0.2) is 65.4 Å². The first-order valence-corrected chi connectivity index (χ1v) is 14.9. The molecular formula is C34H54O3. The summed E-state index contributed by atoms with van der Waals surface area (Å²) in [7, 11) is 0. The maximum Gasteiger partial charge on any atom is 0.152 e. The maximum atomic E-state index is 9.09. The van der Waals surface area contributed by atoms with Crippen LogP contribution in [0.4, 0.5) is 0 Å². The minimum atomic E-state index is -0.752. The van der Waals surface area contributed by atoms with E-state index in [-0.39, 0.29) is 0 Å². The predicted octanol–water partition coefficient (Wildman–Crippen LogP) is 9.72. The Morgan fingerprint density at radius 3 is 2.14 bits per heavy atom. The Morgan fingerprint density at radius 2 is 1.57 bits per heavy atom. The van der Waals surface area contributed by atoms with Crippen molar-refractivity contribution in [3.8, 4) is 5.75 Å². The fourth-order valence-electron chi connectivity index (χ4n) is 4.92. The van der Waals surface area contributed by atoms with Gasteiger partial charge in [-0.2, -0.15) is 0 Å². The average Bonchev–Trinajstić information content (AvgIpc) is 3.18. The van der Waals surface area contributed by atoms with Crippen LogP contribution in [0.3, 0.4) is 0 Å². The average molecular weight is 511 g/mol. The summed E-state index contributed by atoms with van der Waals surface area (Å²) in [5.41, 5.74) is 6.51. The Bertz CT molecular complexity index is 813. The lowest BCUT2D eigenvalue weighted by molar-refractivity contribution is -0.0939. The van der Waals surface area contributed by atoms with Gasteiger partial charge in [-0.05, 0) is 60.6 Å². The third kappa shape index (κ3) is 14.5. The molecule has 0 heterocycles. The quantitative estimate of drug-likeness (QED) is 0.225. The molecule has 2 aliphatic rings. The number of benzene rings is 1. The molecule has 1 saturated carbocycles. The fourth-order valence-corrected chi connectivity index (χ4v) is 4.92. The molecule has 1 N–H and O–H groups in total. The summed E-state index contributed by atoms with van der Waals surface area (Å²) in [6.45, 7) is 13.3. The normalized spacial score (nSPS) is 16.0. The molecule has 1 aromatic carbocycles. The van der Waals surface area contributed by atoms with Crippen LogP contribution in [0.2, 0.25) is 0 Å². The molecule has 1 fully saturated rings. The highest BCUT2D eigenvalue weighted by atomic mass is 16.6. The third-order valence-corrected chi connectivity index (χ3v) is 6.92. The summed E-state index contributed by atoms with van der Waals surface area (Å²) in [4.78, 5) is 0. The number of aliphatic hydroxyl groups is 1. The van der Waals surface area contributed by atoms with Crippen LogP contribution in [0.5, 0.6) is 5.75 Å². The number of allylic oxidation sites excluding steroid dienone is 3. The van der Waals surface area contributed by atoms with Crippen LogP contribution in [-0.2, 0) is 11.3 Å². The van der Waals surface area contributed by atoms with E-state index in [2.05, 4.69) is 38.7 Å². The van der Waals surface area contributed by atoms with Crippen LogP contribution < -0.4 is 4.74 Å². The highest BCUT2D eigenvalue weighted by Gasteiger charge is 2.21. The van der Waals surface area contributed by atoms with Gasteiger partial charge in [-0.25, -0.2) is 0 Å². The molecule has 0 saturated heterocycles. The van der Waals surface area contributed by atoms with Gasteiger partial charge in [0, 0.05) is 5.57 Å². The van der Waals surface area contributed by atoms with E-state index < -0.39 is 6.29 Å². The van der Waals surface area contributed by atoms with Crippen molar-refractivity contribution < 1.29 is 14.6 Å². The van der Waals surface area contributed by atoms with Crippen LogP contribution in [0.25, 0.3) is 0 Å². The van der Waals surface area contributed by atoms with Gasteiger partial charge in [0.15, 0.2) is 6.29 Å². The van der Waals surface area contributed by atoms with Gasteiger partial charge in [-0.1, -0.05) is 117 Å². The topological polar surface area (TPSA) is 38.7 Å². The van der Waals surface area contributed by atoms with E-state index in [0.717, 1.165) is 35.1 Å². The van der Waals surface area contributed by atoms with Crippen molar-refractivity contribution in [2.45, 2.75) is 119 Å². The Balaban J connectivity index is 0.000000389. The second-order valence-corrected chi connectivity index (χ2v) is 9.84. The molecule has 3 heteroatoms. The third-order valence-electron chi connectivity index (χ3n) is 6.92. The molecule has 1 atom stereocenters. The zero-order valence-corrected chi connectivity index (χ0v) is 24.6. The highest BCUT2D eigenvalue weighted by molar-refractivity contribution is 5.35. The Kier molecular flexibility index (Phi) is 18.7. The minimum Gasteiger partial charge on any atom is -0.488 e. The molecular weight excluding hydrogens is 456 g/mol. The summed E-state index contributed by atoms with van der Waals surface area (Å²) in [6.07, 6.45) is 21.8. The molecule has 37 heavy (non-hydrogen) atoms. The van der Waals surface area contributed by atoms with Gasteiger partial charge in [0.05, 0.1) is 6.61 Å². The first kappa shape index (κ1) is 33.0. The lowest BCUT2D eigenvalue weighted by atomic mass is 9.76. The van der Waals surface area contributed by atoms with Crippen LogP contribution in [0, 0.1) is 11.8 Å². The first-order valence-electron chi connectivity index (χ1n) is 14.9.